The van der Waals surface area contributed by atoms with Crippen LogP contribution in [0.5, 0.6) is 0 Å². The smallest absolute Gasteiger partial charge is 0.0795 e. The Balaban J connectivity index is 3.09. The largest absolute Gasteiger partial charge is 0.0843 e. The van der Waals surface area contributed by atoms with Crippen LogP contribution in [0.1, 0.15) is 5.56 Å². The maximum atomic E-state index is 5.83. The fourth-order valence-electron chi connectivity index (χ4n) is 1.19. The molecule has 1 aromatic carbocycles. The predicted octanol–water partition coefficient (Wildman–Crippen LogP) is 2.61. The zero-order valence-electron chi connectivity index (χ0n) is 7.11. The van der Waals surface area contributed by atoms with Gasteiger partial charge in [0.25, 0.3) is 0 Å². The fourth-order valence-corrected chi connectivity index (χ4v) is 2.69. The van der Waals surface area contributed by atoms with E-state index in [2.05, 4.69) is 26.1 Å². The van der Waals surface area contributed by atoms with Gasteiger partial charge in [0.1, 0.15) is 0 Å². The third-order valence-electron chi connectivity index (χ3n) is 1.73. The molecule has 0 spiro atoms. The summed E-state index contributed by atoms with van der Waals surface area (Å²) in [6.07, 6.45) is 0. The molecular formula is C9H12ClSi. The lowest BCUT2D eigenvalue weighted by Gasteiger charge is -2.07. The van der Waals surface area contributed by atoms with Crippen LogP contribution in [-0.4, -0.2) is 8.80 Å². The summed E-state index contributed by atoms with van der Waals surface area (Å²) in [7, 11) is -0.317. The van der Waals surface area contributed by atoms with E-state index in [4.69, 9.17) is 11.6 Å². The van der Waals surface area contributed by atoms with Crippen LogP contribution in [0.15, 0.2) is 18.2 Å². The van der Waals surface area contributed by atoms with Gasteiger partial charge in [0.2, 0.25) is 0 Å². The van der Waals surface area contributed by atoms with E-state index in [9.17, 15) is 0 Å². The van der Waals surface area contributed by atoms with Crippen molar-refractivity contribution in [3.8, 4) is 0 Å². The summed E-state index contributed by atoms with van der Waals surface area (Å²) in [6, 6.07) is 6.15. The van der Waals surface area contributed by atoms with Crippen LogP contribution in [0.2, 0.25) is 18.1 Å². The maximum Gasteiger partial charge on any atom is 0.0795 e. The second kappa shape index (κ2) is 3.42. The number of halogens is 1. The van der Waals surface area contributed by atoms with Gasteiger partial charge in [0, 0.05) is 5.02 Å². The Kier molecular flexibility index (Phi) is 2.74. The molecule has 0 aliphatic rings. The summed E-state index contributed by atoms with van der Waals surface area (Å²) in [4.78, 5) is 0. The van der Waals surface area contributed by atoms with Crippen molar-refractivity contribution < 1.29 is 0 Å². The monoisotopic (exact) mass is 183 g/mol. The van der Waals surface area contributed by atoms with E-state index < -0.39 is 0 Å². The van der Waals surface area contributed by atoms with Gasteiger partial charge in [0.05, 0.1) is 8.80 Å². The second-order valence-electron chi connectivity index (χ2n) is 2.96. The summed E-state index contributed by atoms with van der Waals surface area (Å²) in [6.45, 7) is 6.71. The quantitative estimate of drug-likeness (QED) is 0.588. The lowest BCUT2D eigenvalue weighted by molar-refractivity contribution is 1.51. The van der Waals surface area contributed by atoms with Gasteiger partial charge in [-0.15, -0.1) is 0 Å². The first-order valence-corrected chi connectivity index (χ1v) is 6.55. The normalized spacial score (nSPS) is 10.6. The number of hydrogen-bond acceptors (Lipinski definition) is 0. The SMILES string of the molecule is Cc1cc(Cl)ccc1[Si](C)C. The molecule has 11 heavy (non-hydrogen) atoms. The van der Waals surface area contributed by atoms with Crippen molar-refractivity contribution in [3.05, 3.63) is 28.8 Å². The summed E-state index contributed by atoms with van der Waals surface area (Å²) in [5, 5.41) is 2.33. The molecule has 0 aliphatic carbocycles. The molecule has 0 heterocycles. The van der Waals surface area contributed by atoms with Crippen molar-refractivity contribution in [2.45, 2.75) is 20.0 Å². The first-order valence-electron chi connectivity index (χ1n) is 3.68. The van der Waals surface area contributed by atoms with Gasteiger partial charge in [-0.05, 0) is 19.1 Å². The minimum Gasteiger partial charge on any atom is -0.0843 e. The lowest BCUT2D eigenvalue weighted by atomic mass is 10.2. The van der Waals surface area contributed by atoms with Gasteiger partial charge in [-0.25, -0.2) is 0 Å². The Bertz CT molecular complexity index is 256. The van der Waals surface area contributed by atoms with E-state index in [0.717, 1.165) is 5.02 Å². The average Bonchev–Trinajstić information content (AvgIpc) is 1.85. The molecule has 0 bridgehead atoms. The summed E-state index contributed by atoms with van der Waals surface area (Å²) in [5.41, 5.74) is 1.33. The van der Waals surface area contributed by atoms with Gasteiger partial charge >= 0.3 is 0 Å². The molecule has 0 fully saturated rings. The molecule has 0 N–H and O–H groups in total. The molecule has 0 saturated heterocycles. The Labute approximate surface area is 74.8 Å². The average molecular weight is 184 g/mol. The van der Waals surface area contributed by atoms with Gasteiger partial charge in [-0.2, -0.15) is 0 Å². The Morgan fingerprint density at radius 2 is 1.91 bits per heavy atom. The third kappa shape index (κ3) is 2.08. The van der Waals surface area contributed by atoms with Crippen molar-refractivity contribution in [2.24, 2.45) is 0 Å². The molecule has 1 aromatic rings. The number of hydrogen-bond donors (Lipinski definition) is 0. The molecular weight excluding hydrogens is 172 g/mol. The summed E-state index contributed by atoms with van der Waals surface area (Å²) < 4.78 is 0. The summed E-state index contributed by atoms with van der Waals surface area (Å²) in [5.74, 6) is 0. The number of aryl methyl sites for hydroxylation is 1. The highest BCUT2D eigenvalue weighted by Gasteiger charge is 2.03. The van der Waals surface area contributed by atoms with Crippen molar-refractivity contribution in [1.29, 1.82) is 0 Å². The van der Waals surface area contributed by atoms with Gasteiger partial charge < -0.3 is 0 Å². The van der Waals surface area contributed by atoms with Crippen molar-refractivity contribution in [1.82, 2.24) is 0 Å². The Morgan fingerprint density at radius 1 is 1.27 bits per heavy atom. The predicted molar refractivity (Wildman–Crippen MR) is 53.3 cm³/mol. The van der Waals surface area contributed by atoms with E-state index >= 15 is 0 Å². The highest BCUT2D eigenvalue weighted by atomic mass is 35.5. The molecule has 1 rings (SSSR count). The zero-order valence-corrected chi connectivity index (χ0v) is 8.87. The molecule has 59 valence electrons. The molecule has 0 aromatic heterocycles. The highest BCUT2D eigenvalue weighted by Crippen LogP contribution is 2.08. The number of rotatable bonds is 1. The highest BCUT2D eigenvalue weighted by molar-refractivity contribution is 6.71. The maximum absolute atomic E-state index is 5.83. The first-order chi connectivity index (χ1) is 5.11. The molecule has 0 atom stereocenters. The van der Waals surface area contributed by atoms with Gasteiger partial charge in [-0.1, -0.05) is 41.5 Å². The minimum absolute atomic E-state index is 0.317. The minimum atomic E-state index is -0.317. The lowest BCUT2D eigenvalue weighted by Crippen LogP contribution is -2.24. The molecule has 0 aliphatic heterocycles. The second-order valence-corrected chi connectivity index (χ2v) is 5.93. The van der Waals surface area contributed by atoms with Crippen LogP contribution >= 0.6 is 11.6 Å². The Morgan fingerprint density at radius 3 is 2.36 bits per heavy atom. The molecule has 0 amide bonds. The third-order valence-corrected chi connectivity index (χ3v) is 3.60. The summed E-state index contributed by atoms with van der Waals surface area (Å²) >= 11 is 5.83. The van der Waals surface area contributed by atoms with Crippen LogP contribution in [0.25, 0.3) is 0 Å². The van der Waals surface area contributed by atoms with Crippen LogP contribution < -0.4 is 5.19 Å². The van der Waals surface area contributed by atoms with Gasteiger partial charge in [0.15, 0.2) is 0 Å². The van der Waals surface area contributed by atoms with Crippen molar-refractivity contribution in [2.75, 3.05) is 0 Å². The fraction of sp³-hybridized carbons (Fsp3) is 0.333. The molecule has 0 saturated carbocycles. The van der Waals surface area contributed by atoms with E-state index in [1.807, 2.05) is 12.1 Å². The molecule has 1 radical (unpaired) electrons. The molecule has 2 heteroatoms. The first kappa shape index (κ1) is 8.82. The molecule has 0 unspecified atom stereocenters. The van der Waals surface area contributed by atoms with E-state index in [1.165, 1.54) is 10.8 Å². The number of benzene rings is 1. The standard InChI is InChI=1S/C9H12ClSi/c1-7-6-8(10)4-5-9(7)11(2)3/h4-6H,1-3H3. The van der Waals surface area contributed by atoms with Crippen LogP contribution in [0, 0.1) is 6.92 Å². The van der Waals surface area contributed by atoms with E-state index in [1.54, 1.807) is 0 Å². The van der Waals surface area contributed by atoms with E-state index in [-0.39, 0.29) is 8.80 Å². The van der Waals surface area contributed by atoms with Crippen LogP contribution in [0.3, 0.4) is 0 Å². The van der Waals surface area contributed by atoms with Crippen molar-refractivity contribution in [3.63, 3.8) is 0 Å². The van der Waals surface area contributed by atoms with E-state index in [0.29, 0.717) is 0 Å². The van der Waals surface area contributed by atoms with Crippen LogP contribution in [-0.2, 0) is 0 Å². The topological polar surface area (TPSA) is 0 Å². The van der Waals surface area contributed by atoms with Crippen molar-refractivity contribution >= 4 is 25.6 Å². The zero-order chi connectivity index (χ0) is 8.43. The molecule has 0 nitrogen and oxygen atoms in total. The Hall–Kier alpha value is -0.273. The van der Waals surface area contributed by atoms with Gasteiger partial charge in [-0.3, -0.25) is 0 Å². The van der Waals surface area contributed by atoms with Crippen LogP contribution in [0.4, 0.5) is 0 Å².